The molecule has 10 heteroatoms. The van der Waals surface area contributed by atoms with Crippen molar-refractivity contribution < 1.29 is 9.32 Å². The highest BCUT2D eigenvalue weighted by Gasteiger charge is 2.23. The number of nitrogens with zero attached hydrogens (tertiary/aromatic N) is 3. The van der Waals surface area contributed by atoms with Crippen LogP contribution in [0.25, 0.3) is 11.4 Å². The summed E-state index contributed by atoms with van der Waals surface area (Å²) in [5.74, 6) is 0.627. The van der Waals surface area contributed by atoms with Crippen LogP contribution in [0.2, 0.25) is 5.02 Å². The molecule has 1 aromatic heterocycles. The van der Waals surface area contributed by atoms with Crippen molar-refractivity contribution in [3.8, 4) is 11.4 Å². The molecule has 1 saturated heterocycles. The van der Waals surface area contributed by atoms with Gasteiger partial charge in [0.25, 0.3) is 5.91 Å². The zero-order valence-corrected chi connectivity index (χ0v) is 17.4. The van der Waals surface area contributed by atoms with E-state index < -0.39 is 5.91 Å². The van der Waals surface area contributed by atoms with Crippen molar-refractivity contribution >= 4 is 35.3 Å². The van der Waals surface area contributed by atoms with Crippen LogP contribution in [0.15, 0.2) is 39.5 Å². The summed E-state index contributed by atoms with van der Waals surface area (Å²) in [5, 5.41) is 17.9. The van der Waals surface area contributed by atoms with Gasteiger partial charge in [0.2, 0.25) is 11.7 Å². The Hall–Kier alpha value is -2.42. The molecule has 2 aromatic rings. The molecule has 8 nitrogen and oxygen atoms in total. The Balaban J connectivity index is 1.62. The molecule has 0 saturated carbocycles. The summed E-state index contributed by atoms with van der Waals surface area (Å²) in [7, 11) is 1.50. The normalized spacial score (nSPS) is 18.1. The van der Waals surface area contributed by atoms with Crippen LogP contribution in [0.3, 0.4) is 0 Å². The maximum Gasteiger partial charge on any atom is 0.264 e. The first kappa shape index (κ1) is 21.3. The van der Waals surface area contributed by atoms with Crippen molar-refractivity contribution in [3.05, 3.63) is 45.9 Å². The van der Waals surface area contributed by atoms with Crippen LogP contribution < -0.4 is 10.6 Å². The maximum absolute atomic E-state index is 11.7. The number of carbonyl (C=O) groups is 1. The van der Waals surface area contributed by atoms with Gasteiger partial charge in [0.15, 0.2) is 0 Å². The monoisotopic (exact) mass is 436 g/mol. The number of likely N-dealkylation sites (N-methyl/N-ethyl adjacent to an activating group) is 1. The number of aromatic nitrogens is 2. The average molecular weight is 437 g/mol. The molecule has 0 bridgehead atoms. The average Bonchev–Trinajstić information content (AvgIpc) is 3.20. The molecule has 154 valence electrons. The largest absolute Gasteiger partial charge is 0.378 e. The van der Waals surface area contributed by atoms with E-state index in [1.165, 1.54) is 7.05 Å². The van der Waals surface area contributed by atoms with Gasteiger partial charge in [-0.05, 0) is 43.7 Å². The topological polar surface area (TPSA) is 107 Å². The Morgan fingerprint density at radius 3 is 2.86 bits per heavy atom. The van der Waals surface area contributed by atoms with Gasteiger partial charge in [0.1, 0.15) is 5.03 Å². The van der Waals surface area contributed by atoms with Crippen LogP contribution in [0.1, 0.15) is 18.7 Å². The Labute approximate surface area is 178 Å². The quantitative estimate of drug-likeness (QED) is 0.454. The van der Waals surface area contributed by atoms with Gasteiger partial charge in [-0.25, -0.2) is 0 Å². The Morgan fingerprint density at radius 1 is 1.41 bits per heavy atom. The second kappa shape index (κ2) is 9.87. The van der Waals surface area contributed by atoms with Crippen molar-refractivity contribution in [1.29, 1.82) is 5.41 Å². The van der Waals surface area contributed by atoms with E-state index in [0.29, 0.717) is 35.5 Å². The molecule has 1 aromatic carbocycles. The molecule has 3 N–H and O–H groups in total. The fourth-order valence-electron chi connectivity index (χ4n) is 3.16. The number of hydrogen-bond acceptors (Lipinski definition) is 7. The first-order valence-electron chi connectivity index (χ1n) is 9.20. The standard InChI is InChI=1S/C19H22Cl2N6O2/c1-23-19(28)17(21)15(9-22)24-14-3-2-8-27(10-14)11-16-25-18(26-29-16)12-4-6-13(20)7-5-12/h4-7,9,14,22,24H,2-3,8,10-11H2,1H3,(H,23,28)/b17-15-,22-9?. The van der Waals surface area contributed by atoms with E-state index in [1.54, 1.807) is 12.1 Å². The van der Waals surface area contributed by atoms with Crippen molar-refractivity contribution in [1.82, 2.24) is 25.7 Å². The second-order valence-electron chi connectivity index (χ2n) is 6.69. The van der Waals surface area contributed by atoms with E-state index >= 15 is 0 Å². The minimum absolute atomic E-state index is 0.0240. The fourth-order valence-corrected chi connectivity index (χ4v) is 3.49. The van der Waals surface area contributed by atoms with Crippen LogP contribution in [0, 0.1) is 5.41 Å². The predicted octanol–water partition coefficient (Wildman–Crippen LogP) is 2.79. The maximum atomic E-state index is 11.7. The molecule has 1 aliphatic rings. The minimum Gasteiger partial charge on any atom is -0.378 e. The summed E-state index contributed by atoms with van der Waals surface area (Å²) in [6, 6.07) is 7.31. The molecular weight excluding hydrogens is 415 g/mol. The number of nitrogens with one attached hydrogen (secondary N) is 3. The van der Waals surface area contributed by atoms with Crippen LogP contribution in [-0.4, -0.2) is 53.3 Å². The highest BCUT2D eigenvalue weighted by Crippen LogP contribution is 2.20. The van der Waals surface area contributed by atoms with Crippen molar-refractivity contribution in [3.63, 3.8) is 0 Å². The highest BCUT2D eigenvalue weighted by molar-refractivity contribution is 6.43. The van der Waals surface area contributed by atoms with Crippen molar-refractivity contribution in [2.75, 3.05) is 20.1 Å². The SMILES string of the molecule is CNC(=O)/C(Cl)=C(\C=N)NC1CCCN(Cc2nc(-c3ccc(Cl)cc3)no2)C1. The fraction of sp³-hybridized carbons (Fsp3) is 0.368. The van der Waals surface area contributed by atoms with Gasteiger partial charge in [0.05, 0.1) is 12.2 Å². The number of amides is 1. The molecule has 1 fully saturated rings. The summed E-state index contributed by atoms with van der Waals surface area (Å²) >= 11 is 12.0. The molecule has 1 aliphatic heterocycles. The van der Waals surface area contributed by atoms with Gasteiger partial charge < -0.3 is 20.6 Å². The third kappa shape index (κ3) is 5.56. The summed E-state index contributed by atoms with van der Waals surface area (Å²) in [6.45, 7) is 2.11. The Morgan fingerprint density at radius 2 is 2.17 bits per heavy atom. The van der Waals surface area contributed by atoms with E-state index in [0.717, 1.165) is 31.2 Å². The molecule has 0 spiro atoms. The Kier molecular flexibility index (Phi) is 7.24. The van der Waals surface area contributed by atoms with Gasteiger partial charge in [-0.2, -0.15) is 4.98 Å². The van der Waals surface area contributed by atoms with Gasteiger partial charge >= 0.3 is 0 Å². The van der Waals surface area contributed by atoms with Gasteiger partial charge in [-0.1, -0.05) is 28.4 Å². The molecule has 1 unspecified atom stereocenters. The lowest BCUT2D eigenvalue weighted by Crippen LogP contribution is -2.45. The number of likely N-dealkylation sites (tertiary alicyclic amines) is 1. The van der Waals surface area contributed by atoms with Gasteiger partial charge in [-0.3, -0.25) is 9.69 Å². The lowest BCUT2D eigenvalue weighted by molar-refractivity contribution is -0.116. The summed E-state index contributed by atoms with van der Waals surface area (Å²) in [6.07, 6.45) is 2.93. The summed E-state index contributed by atoms with van der Waals surface area (Å²) < 4.78 is 5.40. The lowest BCUT2D eigenvalue weighted by atomic mass is 10.1. The van der Waals surface area contributed by atoms with Crippen LogP contribution in [0.5, 0.6) is 0 Å². The highest BCUT2D eigenvalue weighted by atomic mass is 35.5. The molecule has 29 heavy (non-hydrogen) atoms. The first-order chi connectivity index (χ1) is 14.0. The van der Waals surface area contributed by atoms with Crippen molar-refractivity contribution in [2.24, 2.45) is 0 Å². The van der Waals surface area contributed by atoms with Gasteiger partial charge in [0, 0.05) is 36.4 Å². The van der Waals surface area contributed by atoms with E-state index in [-0.39, 0.29) is 11.1 Å². The second-order valence-corrected chi connectivity index (χ2v) is 7.50. The lowest BCUT2D eigenvalue weighted by Gasteiger charge is -2.33. The minimum atomic E-state index is -0.425. The van der Waals surface area contributed by atoms with E-state index in [2.05, 4.69) is 25.7 Å². The molecule has 0 aliphatic carbocycles. The predicted molar refractivity (Wildman–Crippen MR) is 112 cm³/mol. The number of carbonyl (C=O) groups excluding carboxylic acids is 1. The smallest absolute Gasteiger partial charge is 0.264 e. The third-order valence-corrected chi connectivity index (χ3v) is 5.23. The molecule has 2 heterocycles. The number of halogens is 2. The summed E-state index contributed by atoms with van der Waals surface area (Å²) in [5.41, 5.74) is 1.15. The van der Waals surface area contributed by atoms with E-state index in [9.17, 15) is 4.79 Å². The number of hydrogen-bond donors (Lipinski definition) is 3. The number of allylic oxidation sites excluding steroid dienone is 1. The zero-order chi connectivity index (χ0) is 20.8. The van der Waals surface area contributed by atoms with Gasteiger partial charge in [-0.15, -0.1) is 0 Å². The third-order valence-electron chi connectivity index (χ3n) is 4.60. The zero-order valence-electron chi connectivity index (χ0n) is 15.9. The number of piperidine rings is 1. The number of rotatable bonds is 7. The van der Waals surface area contributed by atoms with E-state index in [1.807, 2.05) is 12.1 Å². The number of benzene rings is 1. The van der Waals surface area contributed by atoms with Crippen molar-refractivity contribution in [2.45, 2.75) is 25.4 Å². The molecule has 3 rings (SSSR count). The van der Waals surface area contributed by atoms with Crippen LogP contribution in [-0.2, 0) is 11.3 Å². The molecule has 1 atom stereocenters. The first-order valence-corrected chi connectivity index (χ1v) is 9.95. The molecule has 1 amide bonds. The van der Waals surface area contributed by atoms with Crippen LogP contribution >= 0.6 is 23.2 Å². The Bertz CT molecular complexity index is 896. The van der Waals surface area contributed by atoms with E-state index in [4.69, 9.17) is 33.1 Å². The summed E-state index contributed by atoms with van der Waals surface area (Å²) in [4.78, 5) is 18.4. The molecule has 0 radical (unpaired) electrons. The van der Waals surface area contributed by atoms with Crippen LogP contribution in [0.4, 0.5) is 0 Å². The molecular formula is C19H22Cl2N6O2.